The third-order valence-electron chi connectivity index (χ3n) is 3.09. The molecule has 2 rings (SSSR count). The Balaban J connectivity index is 2.33. The van der Waals surface area contributed by atoms with Crippen molar-refractivity contribution in [1.29, 1.82) is 0 Å². The van der Waals surface area contributed by atoms with Gasteiger partial charge in [0.1, 0.15) is 0 Å². The Morgan fingerprint density at radius 1 is 1.14 bits per heavy atom. The Kier molecular flexibility index (Phi) is 4.44. The molecule has 112 valence electrons. The van der Waals surface area contributed by atoms with Gasteiger partial charge < -0.3 is 5.73 Å². The normalized spacial score (nSPS) is 11.6. The van der Waals surface area contributed by atoms with E-state index in [4.69, 9.17) is 17.3 Å². The van der Waals surface area contributed by atoms with Crippen LogP contribution in [0, 0.1) is 0 Å². The van der Waals surface area contributed by atoms with Crippen molar-refractivity contribution in [2.45, 2.75) is 24.7 Å². The fourth-order valence-corrected chi connectivity index (χ4v) is 3.17. The van der Waals surface area contributed by atoms with Crippen LogP contribution in [0.1, 0.15) is 25.3 Å². The number of hydrogen-bond donors (Lipinski definition) is 2. The molecular weight excluding hydrogens is 308 g/mol. The number of nitrogen functional groups attached to an aromatic ring is 1. The molecule has 0 fully saturated rings. The van der Waals surface area contributed by atoms with E-state index in [9.17, 15) is 8.42 Å². The lowest BCUT2D eigenvalue weighted by molar-refractivity contribution is 0.601. The van der Waals surface area contributed by atoms with Crippen molar-refractivity contribution in [1.82, 2.24) is 0 Å². The lowest BCUT2D eigenvalue weighted by Gasteiger charge is -2.11. The number of anilines is 2. The van der Waals surface area contributed by atoms with Gasteiger partial charge in [-0.15, -0.1) is 0 Å². The Bertz CT molecular complexity index is 758. The van der Waals surface area contributed by atoms with Crippen LogP contribution in [0.3, 0.4) is 0 Å². The van der Waals surface area contributed by atoms with Crippen molar-refractivity contribution in [3.05, 3.63) is 53.1 Å². The number of hydrogen-bond acceptors (Lipinski definition) is 3. The Morgan fingerprint density at radius 3 is 2.48 bits per heavy atom. The molecule has 0 aliphatic rings. The highest BCUT2D eigenvalue weighted by Gasteiger charge is 2.15. The largest absolute Gasteiger partial charge is 0.398 e. The molecule has 0 atom stereocenters. The molecule has 0 heterocycles. The summed E-state index contributed by atoms with van der Waals surface area (Å²) in [5.74, 6) is 0.320. The van der Waals surface area contributed by atoms with Crippen molar-refractivity contribution < 1.29 is 8.42 Å². The average molecular weight is 325 g/mol. The maximum Gasteiger partial charge on any atom is 0.261 e. The highest BCUT2D eigenvalue weighted by Crippen LogP contribution is 2.25. The molecule has 0 bridgehead atoms. The van der Waals surface area contributed by atoms with Gasteiger partial charge in [0.25, 0.3) is 10.0 Å². The fraction of sp³-hybridized carbons (Fsp3) is 0.200. The Morgan fingerprint density at radius 2 is 1.86 bits per heavy atom. The van der Waals surface area contributed by atoms with Crippen molar-refractivity contribution in [2.75, 3.05) is 10.5 Å². The van der Waals surface area contributed by atoms with Gasteiger partial charge in [0, 0.05) is 5.69 Å². The van der Waals surface area contributed by atoms with E-state index in [0.29, 0.717) is 17.3 Å². The molecule has 0 aromatic heterocycles. The van der Waals surface area contributed by atoms with E-state index in [2.05, 4.69) is 4.72 Å². The van der Waals surface area contributed by atoms with Crippen molar-refractivity contribution in [2.24, 2.45) is 0 Å². The zero-order chi connectivity index (χ0) is 15.6. The van der Waals surface area contributed by atoms with E-state index in [1.165, 1.54) is 18.2 Å². The summed E-state index contributed by atoms with van der Waals surface area (Å²) < 4.78 is 27.2. The summed E-state index contributed by atoms with van der Waals surface area (Å²) in [7, 11) is -3.69. The van der Waals surface area contributed by atoms with Crippen LogP contribution >= 0.6 is 11.6 Å². The molecule has 0 spiro atoms. The predicted octanol–water partition coefficient (Wildman–Crippen LogP) is 3.85. The molecule has 0 radical (unpaired) electrons. The number of nitrogens with two attached hydrogens (primary N) is 1. The molecule has 2 aromatic rings. The van der Waals surface area contributed by atoms with Gasteiger partial charge in [-0.05, 0) is 41.8 Å². The van der Waals surface area contributed by atoms with E-state index < -0.39 is 10.0 Å². The molecular formula is C15H17ClN2O2S. The van der Waals surface area contributed by atoms with Crippen LogP contribution in [-0.4, -0.2) is 8.42 Å². The van der Waals surface area contributed by atoms with Gasteiger partial charge in [-0.2, -0.15) is 0 Å². The molecule has 0 saturated heterocycles. The first kappa shape index (κ1) is 15.7. The number of sulfonamides is 1. The number of halogens is 1. The molecule has 3 N–H and O–H groups in total. The molecule has 0 aliphatic carbocycles. The molecule has 4 nitrogen and oxygen atoms in total. The van der Waals surface area contributed by atoms with E-state index in [-0.39, 0.29) is 9.92 Å². The highest BCUT2D eigenvalue weighted by atomic mass is 35.5. The zero-order valence-electron chi connectivity index (χ0n) is 11.8. The maximum atomic E-state index is 12.3. The highest BCUT2D eigenvalue weighted by molar-refractivity contribution is 7.92. The minimum Gasteiger partial charge on any atom is -0.398 e. The standard InChI is InChI=1S/C15H17ClN2O2S/c1-10(2)11-4-3-5-12(8-11)18-21(19,20)13-6-7-15(17)14(16)9-13/h3-10,18H,17H2,1-2H3. The summed E-state index contributed by atoms with van der Waals surface area (Å²) in [5.41, 5.74) is 7.52. The summed E-state index contributed by atoms with van der Waals surface area (Å²) in [6.45, 7) is 4.10. The molecule has 0 aliphatic heterocycles. The van der Waals surface area contributed by atoms with Crippen LogP contribution in [0.15, 0.2) is 47.4 Å². The summed E-state index contributed by atoms with van der Waals surface area (Å²) in [4.78, 5) is 0.0802. The second-order valence-electron chi connectivity index (χ2n) is 5.07. The van der Waals surface area contributed by atoms with Crippen molar-refractivity contribution in [3.63, 3.8) is 0 Å². The van der Waals surface area contributed by atoms with Crippen LogP contribution in [0.4, 0.5) is 11.4 Å². The molecule has 0 unspecified atom stereocenters. The molecule has 0 saturated carbocycles. The van der Waals surface area contributed by atoms with E-state index in [1.54, 1.807) is 6.07 Å². The fourth-order valence-electron chi connectivity index (χ4n) is 1.85. The van der Waals surface area contributed by atoms with Crippen LogP contribution in [0.25, 0.3) is 0 Å². The van der Waals surface area contributed by atoms with Crippen LogP contribution in [0.2, 0.25) is 5.02 Å². The van der Waals surface area contributed by atoms with Crippen LogP contribution in [-0.2, 0) is 10.0 Å². The predicted molar refractivity (Wildman–Crippen MR) is 87.2 cm³/mol. The molecule has 2 aromatic carbocycles. The topological polar surface area (TPSA) is 72.2 Å². The zero-order valence-corrected chi connectivity index (χ0v) is 13.4. The monoisotopic (exact) mass is 324 g/mol. The summed E-state index contributed by atoms with van der Waals surface area (Å²) in [6.07, 6.45) is 0. The third-order valence-corrected chi connectivity index (χ3v) is 4.79. The summed E-state index contributed by atoms with van der Waals surface area (Å²) in [6, 6.07) is 11.6. The van der Waals surface area contributed by atoms with Gasteiger partial charge in [-0.3, -0.25) is 4.72 Å². The molecule has 6 heteroatoms. The Hall–Kier alpha value is -1.72. The van der Waals surface area contributed by atoms with E-state index >= 15 is 0 Å². The quantitative estimate of drug-likeness (QED) is 0.839. The number of rotatable bonds is 4. The second-order valence-corrected chi connectivity index (χ2v) is 7.16. The van der Waals surface area contributed by atoms with E-state index in [0.717, 1.165) is 5.56 Å². The third kappa shape index (κ3) is 3.68. The average Bonchev–Trinajstić information content (AvgIpc) is 2.41. The number of benzene rings is 2. The first-order valence-electron chi connectivity index (χ1n) is 6.47. The molecule has 0 amide bonds. The van der Waals surface area contributed by atoms with Gasteiger partial charge in [0.15, 0.2) is 0 Å². The first-order chi connectivity index (χ1) is 9.79. The first-order valence-corrected chi connectivity index (χ1v) is 8.33. The lowest BCUT2D eigenvalue weighted by Crippen LogP contribution is -2.13. The van der Waals surface area contributed by atoms with Crippen LogP contribution < -0.4 is 10.5 Å². The lowest BCUT2D eigenvalue weighted by atomic mass is 10.0. The van der Waals surface area contributed by atoms with Gasteiger partial charge in [0.05, 0.1) is 15.6 Å². The van der Waals surface area contributed by atoms with Crippen molar-refractivity contribution >= 4 is 33.0 Å². The minimum absolute atomic E-state index is 0.0802. The Labute approximate surface area is 130 Å². The van der Waals surface area contributed by atoms with Gasteiger partial charge in [-0.25, -0.2) is 8.42 Å². The maximum absolute atomic E-state index is 12.3. The summed E-state index contributed by atoms with van der Waals surface area (Å²) in [5, 5.41) is 0.216. The number of nitrogens with one attached hydrogen (secondary N) is 1. The summed E-state index contributed by atoms with van der Waals surface area (Å²) >= 11 is 5.87. The minimum atomic E-state index is -3.69. The van der Waals surface area contributed by atoms with Gasteiger partial charge in [0.2, 0.25) is 0 Å². The smallest absolute Gasteiger partial charge is 0.261 e. The SMILES string of the molecule is CC(C)c1cccc(NS(=O)(=O)c2ccc(N)c(Cl)c2)c1. The van der Waals surface area contributed by atoms with Gasteiger partial charge >= 0.3 is 0 Å². The van der Waals surface area contributed by atoms with Crippen molar-refractivity contribution in [3.8, 4) is 0 Å². The van der Waals surface area contributed by atoms with Gasteiger partial charge in [-0.1, -0.05) is 37.6 Å². The van der Waals surface area contributed by atoms with E-state index in [1.807, 2.05) is 32.0 Å². The van der Waals surface area contributed by atoms with Crippen LogP contribution in [0.5, 0.6) is 0 Å². The molecule has 21 heavy (non-hydrogen) atoms. The second kappa shape index (κ2) is 5.95.